The highest BCUT2D eigenvalue weighted by molar-refractivity contribution is 7.99. The smallest absolute Gasteiger partial charge is 0.317 e. The predicted octanol–water partition coefficient (Wildman–Crippen LogP) is 3.64. The number of thiophene rings is 1. The molecule has 7 nitrogen and oxygen atoms in total. The highest BCUT2D eigenvalue weighted by Crippen LogP contribution is 2.27. The van der Waals surface area contributed by atoms with Crippen LogP contribution in [0.25, 0.3) is 10.7 Å². The Labute approximate surface area is 189 Å². The van der Waals surface area contributed by atoms with Crippen LogP contribution in [0, 0.1) is 0 Å². The minimum atomic E-state index is -0.816. The number of carbonyl (C=O) groups is 2. The Morgan fingerprint density at radius 3 is 2.74 bits per heavy atom. The van der Waals surface area contributed by atoms with Crippen LogP contribution < -0.4 is 0 Å². The first-order chi connectivity index (χ1) is 15.1. The summed E-state index contributed by atoms with van der Waals surface area (Å²) in [6, 6.07) is 12.1. The van der Waals surface area contributed by atoms with E-state index in [1.54, 1.807) is 23.2 Å². The van der Waals surface area contributed by atoms with Crippen molar-refractivity contribution < 1.29 is 14.3 Å². The van der Waals surface area contributed by atoms with Crippen molar-refractivity contribution in [2.45, 2.75) is 44.6 Å². The Morgan fingerprint density at radius 2 is 2.00 bits per heavy atom. The van der Waals surface area contributed by atoms with Gasteiger partial charge in [-0.25, -0.2) is 0 Å². The third kappa shape index (κ3) is 4.83. The molecule has 1 unspecified atom stereocenters. The van der Waals surface area contributed by atoms with Crippen LogP contribution in [0.2, 0.25) is 0 Å². The Hall–Kier alpha value is -2.65. The maximum absolute atomic E-state index is 12.8. The number of benzene rings is 1. The summed E-state index contributed by atoms with van der Waals surface area (Å²) in [5.41, 5.74) is 2.42. The van der Waals surface area contributed by atoms with E-state index in [2.05, 4.69) is 16.3 Å². The average molecular weight is 457 g/mol. The van der Waals surface area contributed by atoms with Crippen LogP contribution >= 0.6 is 23.1 Å². The molecular weight excluding hydrogens is 432 g/mol. The second-order valence-electron chi connectivity index (χ2n) is 7.23. The van der Waals surface area contributed by atoms with Crippen molar-refractivity contribution in [3.8, 4) is 10.7 Å². The number of esters is 1. The minimum absolute atomic E-state index is 0.0724. The van der Waals surface area contributed by atoms with Gasteiger partial charge in [0.2, 0.25) is 0 Å². The highest BCUT2D eigenvalue weighted by atomic mass is 32.2. The van der Waals surface area contributed by atoms with Crippen LogP contribution in [0.15, 0.2) is 46.9 Å². The summed E-state index contributed by atoms with van der Waals surface area (Å²) in [5, 5.41) is 11.1. The fourth-order valence-corrected chi connectivity index (χ4v) is 5.12. The molecule has 1 amide bonds. The molecule has 1 aliphatic rings. The van der Waals surface area contributed by atoms with E-state index in [1.165, 1.54) is 17.3 Å². The molecule has 0 saturated heterocycles. The van der Waals surface area contributed by atoms with E-state index in [9.17, 15) is 9.59 Å². The molecule has 162 valence electrons. The molecule has 1 aromatic carbocycles. The summed E-state index contributed by atoms with van der Waals surface area (Å²) in [5.74, 6) is 0.265. The van der Waals surface area contributed by atoms with Crippen LogP contribution in [-0.4, -0.2) is 49.9 Å². The molecule has 0 aliphatic carbocycles. The maximum Gasteiger partial charge on any atom is 0.317 e. The van der Waals surface area contributed by atoms with Gasteiger partial charge in [-0.3, -0.25) is 9.59 Å². The molecule has 9 heteroatoms. The molecule has 0 fully saturated rings. The van der Waals surface area contributed by atoms with Crippen molar-refractivity contribution in [3.63, 3.8) is 0 Å². The van der Waals surface area contributed by atoms with Gasteiger partial charge in [-0.1, -0.05) is 42.1 Å². The fraction of sp³-hybridized carbons (Fsp3) is 0.364. The van der Waals surface area contributed by atoms with E-state index >= 15 is 0 Å². The van der Waals surface area contributed by atoms with Gasteiger partial charge in [0.1, 0.15) is 0 Å². The summed E-state index contributed by atoms with van der Waals surface area (Å²) in [7, 11) is 0. The zero-order valence-electron chi connectivity index (χ0n) is 17.5. The number of nitrogens with zero attached hydrogens (tertiary/aromatic N) is 4. The summed E-state index contributed by atoms with van der Waals surface area (Å²) in [4.78, 5) is 27.9. The Bertz CT molecular complexity index is 1060. The number of carbonyl (C=O) groups excluding carboxylic acids is 2. The molecule has 0 saturated carbocycles. The lowest BCUT2D eigenvalue weighted by Gasteiger charge is -2.30. The first kappa shape index (κ1) is 21.6. The van der Waals surface area contributed by atoms with Crippen molar-refractivity contribution in [1.29, 1.82) is 0 Å². The zero-order valence-corrected chi connectivity index (χ0v) is 19.1. The number of fused-ring (bicyclic) bond motifs is 1. The van der Waals surface area contributed by atoms with Crippen molar-refractivity contribution in [3.05, 3.63) is 52.9 Å². The third-order valence-corrected chi connectivity index (χ3v) is 7.00. The van der Waals surface area contributed by atoms with E-state index in [4.69, 9.17) is 4.74 Å². The average Bonchev–Trinajstić information content (AvgIpc) is 3.46. The number of ether oxygens (including phenoxy) is 1. The van der Waals surface area contributed by atoms with Crippen molar-refractivity contribution in [1.82, 2.24) is 19.7 Å². The van der Waals surface area contributed by atoms with E-state index in [-0.39, 0.29) is 11.7 Å². The van der Waals surface area contributed by atoms with Crippen LogP contribution in [0.4, 0.5) is 0 Å². The fourth-order valence-electron chi connectivity index (χ4n) is 3.61. The van der Waals surface area contributed by atoms with Crippen molar-refractivity contribution in [2.24, 2.45) is 0 Å². The van der Waals surface area contributed by atoms with Crippen molar-refractivity contribution in [2.75, 3.05) is 12.3 Å². The highest BCUT2D eigenvalue weighted by Gasteiger charge is 2.27. The van der Waals surface area contributed by atoms with E-state index < -0.39 is 12.1 Å². The Balaban J connectivity index is 1.31. The second-order valence-corrected chi connectivity index (χ2v) is 9.12. The Morgan fingerprint density at radius 1 is 1.19 bits per heavy atom. The van der Waals surface area contributed by atoms with Gasteiger partial charge in [0.05, 0.1) is 10.6 Å². The molecule has 3 aromatic rings. The monoisotopic (exact) mass is 456 g/mol. The van der Waals surface area contributed by atoms with Crippen LogP contribution in [0.1, 0.15) is 25.0 Å². The van der Waals surface area contributed by atoms with Gasteiger partial charge in [0.15, 0.2) is 17.1 Å². The topological polar surface area (TPSA) is 77.3 Å². The van der Waals surface area contributed by atoms with E-state index in [0.29, 0.717) is 24.8 Å². The predicted molar refractivity (Wildman–Crippen MR) is 121 cm³/mol. The molecule has 0 spiro atoms. The van der Waals surface area contributed by atoms with Gasteiger partial charge in [-0.2, -0.15) is 0 Å². The van der Waals surface area contributed by atoms with Crippen LogP contribution in [0.3, 0.4) is 0 Å². The Kier molecular flexibility index (Phi) is 6.72. The van der Waals surface area contributed by atoms with Crippen LogP contribution in [0.5, 0.6) is 0 Å². The largest absolute Gasteiger partial charge is 0.452 e. The lowest BCUT2D eigenvalue weighted by Crippen LogP contribution is -2.42. The molecule has 31 heavy (non-hydrogen) atoms. The number of amides is 1. The number of hydrogen-bond donors (Lipinski definition) is 0. The molecule has 0 bridgehead atoms. The van der Waals surface area contributed by atoms with Gasteiger partial charge < -0.3 is 14.2 Å². The third-order valence-electron chi connectivity index (χ3n) is 5.19. The SMILES string of the molecule is CCn1c(SCC(=O)OC(C)C(=O)N2CCc3ccccc3C2)nnc1-c1cccs1. The molecule has 2 aromatic heterocycles. The number of hydrogen-bond acceptors (Lipinski definition) is 7. The molecule has 4 rings (SSSR count). The zero-order chi connectivity index (χ0) is 21.8. The normalized spacial score (nSPS) is 14.2. The summed E-state index contributed by atoms with van der Waals surface area (Å²) < 4.78 is 7.40. The minimum Gasteiger partial charge on any atom is -0.452 e. The van der Waals surface area contributed by atoms with Gasteiger partial charge in [0, 0.05) is 19.6 Å². The lowest BCUT2D eigenvalue weighted by atomic mass is 9.99. The molecular formula is C22H24N4O3S2. The first-order valence-electron chi connectivity index (χ1n) is 10.2. The molecule has 1 atom stereocenters. The van der Waals surface area contributed by atoms with Crippen molar-refractivity contribution >= 4 is 35.0 Å². The van der Waals surface area contributed by atoms with Gasteiger partial charge in [-0.05, 0) is 42.8 Å². The second kappa shape index (κ2) is 9.65. The first-order valence-corrected chi connectivity index (χ1v) is 12.1. The van der Waals surface area contributed by atoms with Gasteiger partial charge >= 0.3 is 5.97 Å². The quantitative estimate of drug-likeness (QED) is 0.399. The number of rotatable bonds is 7. The molecule has 0 N–H and O–H groups in total. The van der Waals surface area contributed by atoms with Gasteiger partial charge in [0.25, 0.3) is 5.91 Å². The van der Waals surface area contributed by atoms with E-state index in [0.717, 1.165) is 22.7 Å². The molecule has 1 aliphatic heterocycles. The number of thioether (sulfide) groups is 1. The number of aromatic nitrogens is 3. The maximum atomic E-state index is 12.8. The standard InChI is InChI=1S/C22H24N4O3S2/c1-3-26-20(18-9-6-12-30-18)23-24-22(26)31-14-19(27)29-15(2)21(28)25-11-10-16-7-4-5-8-17(16)13-25/h4-9,12,15H,3,10-11,13-14H2,1-2H3. The van der Waals surface area contributed by atoms with Gasteiger partial charge in [-0.15, -0.1) is 21.5 Å². The van der Waals surface area contributed by atoms with E-state index in [1.807, 2.05) is 47.2 Å². The van der Waals surface area contributed by atoms with Crippen LogP contribution in [-0.2, 0) is 33.8 Å². The lowest BCUT2D eigenvalue weighted by molar-refractivity contribution is -0.157. The summed E-state index contributed by atoms with van der Waals surface area (Å²) in [6.45, 7) is 5.53. The molecule has 3 heterocycles. The summed E-state index contributed by atoms with van der Waals surface area (Å²) >= 11 is 2.87. The summed E-state index contributed by atoms with van der Waals surface area (Å²) in [6.07, 6.45) is 0.00148. The molecule has 0 radical (unpaired) electrons.